The molecular weight excluding hydrogens is 380 g/mol. The highest BCUT2D eigenvalue weighted by Crippen LogP contribution is 2.35. The standard InChI is InChI=1S/C24H28N2O4/c1-4-10-19-21(23(27)29-5-2)22(26-24(28)25-19)18-13-8-9-14-20(18)30-15-17-12-7-6-11-16(17)3/h6-9,11-14,22H,4-5,10,15H2,1-3H3,(H2,25,26,28). The van der Waals surface area contributed by atoms with Crippen molar-refractivity contribution < 1.29 is 19.1 Å². The second-order valence-corrected chi connectivity index (χ2v) is 7.15. The van der Waals surface area contributed by atoms with Crippen LogP contribution in [0.5, 0.6) is 5.75 Å². The normalized spacial score (nSPS) is 16.0. The maximum Gasteiger partial charge on any atom is 0.338 e. The van der Waals surface area contributed by atoms with E-state index in [-0.39, 0.29) is 12.6 Å². The molecule has 3 rings (SSSR count). The van der Waals surface area contributed by atoms with E-state index in [1.165, 1.54) is 0 Å². The first kappa shape index (κ1) is 21.4. The number of urea groups is 1. The lowest BCUT2D eigenvalue weighted by Crippen LogP contribution is -2.46. The Bertz CT molecular complexity index is 952. The molecule has 2 N–H and O–H groups in total. The van der Waals surface area contributed by atoms with Gasteiger partial charge in [-0.1, -0.05) is 55.8 Å². The number of hydrogen-bond acceptors (Lipinski definition) is 4. The summed E-state index contributed by atoms with van der Waals surface area (Å²) in [6.45, 7) is 6.45. The van der Waals surface area contributed by atoms with E-state index in [1.54, 1.807) is 6.92 Å². The summed E-state index contributed by atoms with van der Waals surface area (Å²) in [5.74, 6) is 0.178. The van der Waals surface area contributed by atoms with Crippen LogP contribution in [0.15, 0.2) is 59.8 Å². The fraction of sp³-hybridized carbons (Fsp3) is 0.333. The number of para-hydroxylation sites is 1. The van der Waals surface area contributed by atoms with Gasteiger partial charge in [0.15, 0.2) is 0 Å². The molecule has 1 heterocycles. The number of nitrogens with one attached hydrogen (secondary N) is 2. The first-order valence-electron chi connectivity index (χ1n) is 10.3. The molecule has 1 aliphatic rings. The van der Waals surface area contributed by atoms with Gasteiger partial charge in [0.05, 0.1) is 18.2 Å². The Labute approximate surface area is 177 Å². The topological polar surface area (TPSA) is 76.7 Å². The average molecular weight is 408 g/mol. The van der Waals surface area contributed by atoms with Gasteiger partial charge >= 0.3 is 12.0 Å². The summed E-state index contributed by atoms with van der Waals surface area (Å²) < 4.78 is 11.4. The minimum atomic E-state index is -0.646. The first-order valence-corrected chi connectivity index (χ1v) is 10.3. The van der Waals surface area contributed by atoms with Crippen LogP contribution in [0.25, 0.3) is 0 Å². The van der Waals surface area contributed by atoms with Crippen molar-refractivity contribution in [1.29, 1.82) is 0 Å². The number of hydrogen-bond donors (Lipinski definition) is 2. The lowest BCUT2D eigenvalue weighted by atomic mass is 9.93. The minimum absolute atomic E-state index is 0.258. The number of ether oxygens (including phenoxy) is 2. The van der Waals surface area contributed by atoms with Crippen LogP contribution in [-0.2, 0) is 16.1 Å². The summed E-state index contributed by atoms with van der Waals surface area (Å²) in [7, 11) is 0. The summed E-state index contributed by atoms with van der Waals surface area (Å²) in [5, 5.41) is 5.65. The lowest BCUT2D eigenvalue weighted by molar-refractivity contribution is -0.139. The van der Waals surface area contributed by atoms with Crippen molar-refractivity contribution in [2.75, 3.05) is 6.61 Å². The molecule has 30 heavy (non-hydrogen) atoms. The third kappa shape index (κ3) is 4.82. The van der Waals surface area contributed by atoms with Gasteiger partial charge < -0.3 is 20.1 Å². The Hall–Kier alpha value is -3.28. The molecule has 0 saturated carbocycles. The quantitative estimate of drug-likeness (QED) is 0.629. The van der Waals surface area contributed by atoms with Crippen LogP contribution < -0.4 is 15.4 Å². The van der Waals surface area contributed by atoms with Gasteiger partial charge in [0, 0.05) is 11.3 Å². The van der Waals surface area contributed by atoms with Crippen LogP contribution in [-0.4, -0.2) is 18.6 Å². The van der Waals surface area contributed by atoms with E-state index in [0.717, 1.165) is 23.1 Å². The molecule has 6 heteroatoms. The van der Waals surface area contributed by atoms with Gasteiger partial charge in [0.1, 0.15) is 12.4 Å². The Morgan fingerprint density at radius 1 is 1.07 bits per heavy atom. The molecule has 158 valence electrons. The zero-order valence-corrected chi connectivity index (χ0v) is 17.7. The Morgan fingerprint density at radius 3 is 2.53 bits per heavy atom. The number of carbonyl (C=O) groups excluding carboxylic acids is 2. The van der Waals surface area contributed by atoms with E-state index in [9.17, 15) is 9.59 Å². The monoisotopic (exact) mass is 408 g/mol. The fourth-order valence-electron chi connectivity index (χ4n) is 3.53. The van der Waals surface area contributed by atoms with E-state index in [2.05, 4.69) is 10.6 Å². The Kier molecular flexibility index (Phi) is 7.12. The lowest BCUT2D eigenvalue weighted by Gasteiger charge is -2.30. The number of aryl methyl sites for hydroxylation is 1. The number of allylic oxidation sites excluding steroid dienone is 1. The minimum Gasteiger partial charge on any atom is -0.489 e. The fourth-order valence-corrected chi connectivity index (χ4v) is 3.53. The first-order chi connectivity index (χ1) is 14.5. The number of amides is 2. The molecule has 0 fully saturated rings. The number of rotatable bonds is 8. The van der Waals surface area contributed by atoms with E-state index in [0.29, 0.717) is 30.0 Å². The number of esters is 1. The molecule has 0 saturated heterocycles. The van der Waals surface area contributed by atoms with E-state index < -0.39 is 12.0 Å². The van der Waals surface area contributed by atoms with Gasteiger partial charge in [-0.3, -0.25) is 0 Å². The molecule has 1 unspecified atom stereocenters. The highest BCUT2D eigenvalue weighted by molar-refractivity contribution is 5.95. The van der Waals surface area contributed by atoms with Gasteiger partial charge in [-0.25, -0.2) is 9.59 Å². The second-order valence-electron chi connectivity index (χ2n) is 7.15. The van der Waals surface area contributed by atoms with Crippen molar-refractivity contribution in [1.82, 2.24) is 10.6 Å². The second kappa shape index (κ2) is 9.96. The molecule has 1 atom stereocenters. The smallest absolute Gasteiger partial charge is 0.338 e. The van der Waals surface area contributed by atoms with Gasteiger partial charge in [-0.05, 0) is 37.5 Å². The molecule has 2 amide bonds. The number of benzene rings is 2. The summed E-state index contributed by atoms with van der Waals surface area (Å²) in [6.07, 6.45) is 1.36. The van der Waals surface area contributed by atoms with Crippen LogP contribution in [0.2, 0.25) is 0 Å². The van der Waals surface area contributed by atoms with Gasteiger partial charge in [0.25, 0.3) is 0 Å². The zero-order valence-electron chi connectivity index (χ0n) is 17.7. The Balaban J connectivity index is 1.98. The maximum absolute atomic E-state index is 12.8. The molecule has 0 bridgehead atoms. The third-order valence-corrected chi connectivity index (χ3v) is 5.02. The molecule has 2 aromatic rings. The predicted octanol–water partition coefficient (Wildman–Crippen LogP) is 4.55. The average Bonchev–Trinajstić information content (AvgIpc) is 2.73. The van der Waals surface area contributed by atoms with Crippen molar-refractivity contribution in [3.63, 3.8) is 0 Å². The van der Waals surface area contributed by atoms with E-state index >= 15 is 0 Å². The summed E-state index contributed by atoms with van der Waals surface area (Å²) >= 11 is 0. The molecule has 0 radical (unpaired) electrons. The molecular formula is C24H28N2O4. The molecule has 0 aromatic heterocycles. The molecule has 0 aliphatic carbocycles. The predicted molar refractivity (Wildman–Crippen MR) is 115 cm³/mol. The highest BCUT2D eigenvalue weighted by atomic mass is 16.5. The van der Waals surface area contributed by atoms with Gasteiger partial charge in [-0.15, -0.1) is 0 Å². The molecule has 6 nitrogen and oxygen atoms in total. The van der Waals surface area contributed by atoms with Gasteiger partial charge in [0.2, 0.25) is 0 Å². The maximum atomic E-state index is 12.8. The summed E-state index contributed by atoms with van der Waals surface area (Å²) in [6, 6.07) is 14.5. The van der Waals surface area contributed by atoms with E-state index in [4.69, 9.17) is 9.47 Å². The van der Waals surface area contributed by atoms with Crippen molar-refractivity contribution >= 4 is 12.0 Å². The SMILES string of the molecule is CCCC1=C(C(=O)OCC)C(c2ccccc2OCc2ccccc2C)NC(=O)N1. The van der Waals surface area contributed by atoms with Crippen LogP contribution in [0.1, 0.15) is 49.4 Å². The van der Waals surface area contributed by atoms with Crippen LogP contribution >= 0.6 is 0 Å². The van der Waals surface area contributed by atoms with Crippen LogP contribution in [0.4, 0.5) is 4.79 Å². The zero-order chi connectivity index (χ0) is 21.5. The summed E-state index contributed by atoms with van der Waals surface area (Å²) in [4.78, 5) is 25.1. The molecule has 2 aromatic carbocycles. The van der Waals surface area contributed by atoms with Crippen molar-refractivity contribution in [3.05, 3.63) is 76.5 Å². The van der Waals surface area contributed by atoms with Crippen molar-refractivity contribution in [3.8, 4) is 5.75 Å². The largest absolute Gasteiger partial charge is 0.489 e. The van der Waals surface area contributed by atoms with Gasteiger partial charge in [-0.2, -0.15) is 0 Å². The number of carbonyl (C=O) groups is 2. The van der Waals surface area contributed by atoms with Crippen LogP contribution in [0.3, 0.4) is 0 Å². The van der Waals surface area contributed by atoms with E-state index in [1.807, 2.05) is 62.4 Å². The van der Waals surface area contributed by atoms with Crippen molar-refractivity contribution in [2.45, 2.75) is 46.3 Å². The molecule has 1 aliphatic heterocycles. The third-order valence-electron chi connectivity index (χ3n) is 5.02. The van der Waals surface area contributed by atoms with Crippen LogP contribution in [0, 0.1) is 6.92 Å². The summed E-state index contributed by atoms with van der Waals surface area (Å²) in [5.41, 5.74) is 3.96. The Morgan fingerprint density at radius 2 is 1.80 bits per heavy atom. The molecule has 0 spiro atoms. The van der Waals surface area contributed by atoms with Crippen molar-refractivity contribution in [2.24, 2.45) is 0 Å². The highest BCUT2D eigenvalue weighted by Gasteiger charge is 2.34.